The number of Topliss-reactive ketones (excluding diaryl/α,β-unsaturated/α-hetero) is 1. The summed E-state index contributed by atoms with van der Waals surface area (Å²) in [5, 5.41) is 9.58. The predicted octanol–water partition coefficient (Wildman–Crippen LogP) is 3.58. The second-order valence-electron chi connectivity index (χ2n) is 4.52. The van der Waals surface area contributed by atoms with Gasteiger partial charge < -0.3 is 10.6 Å². The predicted molar refractivity (Wildman–Crippen MR) is 81.4 cm³/mol. The van der Waals surface area contributed by atoms with Crippen molar-refractivity contribution in [2.75, 3.05) is 5.32 Å². The second kappa shape index (κ2) is 6.34. The van der Waals surface area contributed by atoms with Crippen molar-refractivity contribution < 1.29 is 9.59 Å². The maximum absolute atomic E-state index is 11.8. The van der Waals surface area contributed by atoms with Crippen LogP contribution >= 0.6 is 11.3 Å². The van der Waals surface area contributed by atoms with Crippen LogP contribution in [0.15, 0.2) is 35.0 Å². The molecular formula is C15H16N2O2S. The van der Waals surface area contributed by atoms with Gasteiger partial charge in [-0.2, -0.15) is 11.3 Å². The van der Waals surface area contributed by atoms with Gasteiger partial charge in [0.1, 0.15) is 0 Å². The van der Waals surface area contributed by atoms with Crippen molar-refractivity contribution in [3.8, 4) is 0 Å². The summed E-state index contributed by atoms with van der Waals surface area (Å²) in [6.45, 7) is 4.01. The largest absolute Gasteiger partial charge is 0.334 e. The van der Waals surface area contributed by atoms with Crippen LogP contribution in [0.5, 0.6) is 0 Å². The van der Waals surface area contributed by atoms with Crippen molar-refractivity contribution in [3.05, 3.63) is 51.7 Å². The third-order valence-corrected chi connectivity index (χ3v) is 3.84. The highest BCUT2D eigenvalue weighted by Gasteiger charge is 2.05. The minimum Gasteiger partial charge on any atom is -0.334 e. The molecule has 0 bridgehead atoms. The third-order valence-electron chi connectivity index (χ3n) is 2.93. The van der Waals surface area contributed by atoms with Gasteiger partial charge in [-0.25, -0.2) is 4.79 Å². The first kappa shape index (κ1) is 14.3. The standard InChI is InChI=1S/C15H16N2O2S/c1-10-8-20-9-13(10)7-16-15(19)17-14-5-3-4-12(6-14)11(2)18/h3-6,8-9H,7H2,1-2H3,(H2,16,17,19). The van der Waals surface area contributed by atoms with E-state index in [-0.39, 0.29) is 11.8 Å². The molecule has 4 nitrogen and oxygen atoms in total. The van der Waals surface area contributed by atoms with Gasteiger partial charge in [0.15, 0.2) is 5.78 Å². The molecule has 0 unspecified atom stereocenters. The van der Waals surface area contributed by atoms with Crippen molar-refractivity contribution in [2.24, 2.45) is 0 Å². The summed E-state index contributed by atoms with van der Waals surface area (Å²) in [6, 6.07) is 6.60. The smallest absolute Gasteiger partial charge is 0.319 e. The summed E-state index contributed by atoms with van der Waals surface area (Å²) >= 11 is 1.62. The molecule has 1 heterocycles. The molecule has 2 aromatic rings. The van der Waals surface area contributed by atoms with E-state index in [0.29, 0.717) is 17.8 Å². The molecule has 0 saturated carbocycles. The number of hydrogen-bond acceptors (Lipinski definition) is 3. The SMILES string of the molecule is CC(=O)c1cccc(NC(=O)NCc2cscc2C)c1. The number of rotatable bonds is 4. The molecule has 0 radical (unpaired) electrons. The van der Waals surface area contributed by atoms with Crippen LogP contribution in [0.25, 0.3) is 0 Å². The molecule has 2 N–H and O–H groups in total. The van der Waals surface area contributed by atoms with Crippen molar-refractivity contribution in [1.82, 2.24) is 5.32 Å². The molecule has 1 aromatic heterocycles. The van der Waals surface area contributed by atoms with Crippen LogP contribution in [0.2, 0.25) is 0 Å². The van der Waals surface area contributed by atoms with Crippen molar-refractivity contribution in [2.45, 2.75) is 20.4 Å². The molecule has 0 spiro atoms. The lowest BCUT2D eigenvalue weighted by atomic mass is 10.1. The first-order valence-corrected chi connectivity index (χ1v) is 7.18. The van der Waals surface area contributed by atoms with E-state index in [9.17, 15) is 9.59 Å². The zero-order valence-corrected chi connectivity index (χ0v) is 12.2. The summed E-state index contributed by atoms with van der Waals surface area (Å²) in [6.07, 6.45) is 0. The number of nitrogens with one attached hydrogen (secondary N) is 2. The van der Waals surface area contributed by atoms with E-state index in [0.717, 1.165) is 5.56 Å². The Morgan fingerprint density at radius 2 is 2.05 bits per heavy atom. The molecule has 0 aliphatic carbocycles. The lowest BCUT2D eigenvalue weighted by Crippen LogP contribution is -2.28. The van der Waals surface area contributed by atoms with Gasteiger partial charge in [0.05, 0.1) is 0 Å². The van der Waals surface area contributed by atoms with Crippen LogP contribution in [-0.4, -0.2) is 11.8 Å². The minimum atomic E-state index is -0.281. The third kappa shape index (κ3) is 3.68. The van der Waals surface area contributed by atoms with Gasteiger partial charge in [-0.15, -0.1) is 0 Å². The number of carbonyl (C=O) groups excluding carboxylic acids is 2. The number of thiophene rings is 1. The molecule has 104 valence electrons. The topological polar surface area (TPSA) is 58.2 Å². The van der Waals surface area contributed by atoms with Crippen LogP contribution in [0.4, 0.5) is 10.5 Å². The Kier molecular flexibility index (Phi) is 4.53. The molecule has 0 saturated heterocycles. The summed E-state index contributed by atoms with van der Waals surface area (Å²) in [5.41, 5.74) is 3.48. The van der Waals surface area contributed by atoms with E-state index in [1.54, 1.807) is 35.6 Å². The molecule has 0 aliphatic heterocycles. The summed E-state index contributed by atoms with van der Waals surface area (Å²) < 4.78 is 0. The quantitative estimate of drug-likeness (QED) is 0.845. The highest BCUT2D eigenvalue weighted by Crippen LogP contribution is 2.14. The number of carbonyl (C=O) groups is 2. The van der Waals surface area contributed by atoms with Crippen LogP contribution in [0.1, 0.15) is 28.4 Å². The van der Waals surface area contributed by atoms with Gasteiger partial charge >= 0.3 is 6.03 Å². The number of aryl methyl sites for hydroxylation is 1. The Labute approximate surface area is 121 Å². The van der Waals surface area contributed by atoms with Gasteiger partial charge in [-0.1, -0.05) is 12.1 Å². The number of anilines is 1. The molecule has 5 heteroatoms. The maximum Gasteiger partial charge on any atom is 0.319 e. The Morgan fingerprint density at radius 1 is 1.25 bits per heavy atom. The molecule has 0 aliphatic rings. The van der Waals surface area contributed by atoms with Gasteiger partial charge in [0, 0.05) is 17.8 Å². The summed E-state index contributed by atoms with van der Waals surface area (Å²) in [7, 11) is 0. The van der Waals surface area contributed by atoms with E-state index >= 15 is 0 Å². The van der Waals surface area contributed by atoms with Gasteiger partial charge in [-0.3, -0.25) is 4.79 Å². The molecule has 1 aromatic carbocycles. The van der Waals surface area contributed by atoms with E-state index in [1.807, 2.05) is 17.7 Å². The molecule has 2 rings (SSSR count). The lowest BCUT2D eigenvalue weighted by Gasteiger charge is -2.08. The summed E-state index contributed by atoms with van der Waals surface area (Å²) in [5.74, 6) is -0.0250. The zero-order valence-electron chi connectivity index (χ0n) is 11.4. The van der Waals surface area contributed by atoms with E-state index in [1.165, 1.54) is 12.5 Å². The normalized spacial score (nSPS) is 10.1. The van der Waals surface area contributed by atoms with Crippen LogP contribution < -0.4 is 10.6 Å². The molecule has 0 atom stereocenters. The van der Waals surface area contributed by atoms with Crippen molar-refractivity contribution >= 4 is 28.8 Å². The van der Waals surface area contributed by atoms with Crippen molar-refractivity contribution in [3.63, 3.8) is 0 Å². The number of benzene rings is 1. The van der Waals surface area contributed by atoms with E-state index < -0.39 is 0 Å². The van der Waals surface area contributed by atoms with Crippen LogP contribution in [0, 0.1) is 6.92 Å². The first-order valence-electron chi connectivity index (χ1n) is 6.24. The van der Waals surface area contributed by atoms with Gasteiger partial charge in [0.25, 0.3) is 0 Å². The number of ketones is 1. The lowest BCUT2D eigenvalue weighted by molar-refractivity contribution is 0.101. The maximum atomic E-state index is 11.8. The molecule has 2 amide bonds. The van der Waals surface area contributed by atoms with Crippen LogP contribution in [0.3, 0.4) is 0 Å². The first-order chi connectivity index (χ1) is 9.56. The average Bonchev–Trinajstić information content (AvgIpc) is 2.82. The van der Waals surface area contributed by atoms with Crippen molar-refractivity contribution in [1.29, 1.82) is 0 Å². The molecule has 20 heavy (non-hydrogen) atoms. The Hall–Kier alpha value is -2.14. The Morgan fingerprint density at radius 3 is 2.70 bits per heavy atom. The Bertz CT molecular complexity index is 634. The fourth-order valence-electron chi connectivity index (χ4n) is 1.73. The van der Waals surface area contributed by atoms with Gasteiger partial charge in [-0.05, 0) is 47.9 Å². The van der Waals surface area contributed by atoms with Gasteiger partial charge in [0.2, 0.25) is 0 Å². The van der Waals surface area contributed by atoms with E-state index in [4.69, 9.17) is 0 Å². The fraction of sp³-hybridized carbons (Fsp3) is 0.200. The zero-order chi connectivity index (χ0) is 14.5. The minimum absolute atomic E-state index is 0.0250. The highest BCUT2D eigenvalue weighted by atomic mass is 32.1. The number of urea groups is 1. The number of hydrogen-bond donors (Lipinski definition) is 2. The van der Waals surface area contributed by atoms with E-state index in [2.05, 4.69) is 10.6 Å². The Balaban J connectivity index is 1.93. The monoisotopic (exact) mass is 288 g/mol. The highest BCUT2D eigenvalue weighted by molar-refractivity contribution is 7.08. The van der Waals surface area contributed by atoms with Crippen LogP contribution in [-0.2, 0) is 6.54 Å². The fourth-order valence-corrected chi connectivity index (χ4v) is 2.59. The summed E-state index contributed by atoms with van der Waals surface area (Å²) in [4.78, 5) is 23.1. The molecule has 0 fully saturated rings. The molecular weight excluding hydrogens is 272 g/mol. The second-order valence-corrected chi connectivity index (χ2v) is 5.27. The number of amides is 2. The average molecular weight is 288 g/mol.